The standard InChI is InChI=1S/C10H14N6OS/c1-7-11-12-9(17-7)6-18-10-13-14-15-16(10)8-4-2-3-5-8/h8H,2-6H2,1H3. The van der Waals surface area contributed by atoms with Crippen LogP contribution >= 0.6 is 11.8 Å². The van der Waals surface area contributed by atoms with Crippen molar-refractivity contribution in [1.29, 1.82) is 0 Å². The summed E-state index contributed by atoms with van der Waals surface area (Å²) in [5.41, 5.74) is 0. The highest BCUT2D eigenvalue weighted by Gasteiger charge is 2.21. The summed E-state index contributed by atoms with van der Waals surface area (Å²) in [6, 6.07) is 0.451. The zero-order valence-electron chi connectivity index (χ0n) is 10.1. The first-order valence-electron chi connectivity index (χ1n) is 6.02. The topological polar surface area (TPSA) is 82.5 Å². The first kappa shape index (κ1) is 11.6. The van der Waals surface area contributed by atoms with E-state index in [0.717, 1.165) is 18.0 Å². The van der Waals surface area contributed by atoms with Crippen LogP contribution in [-0.4, -0.2) is 30.4 Å². The van der Waals surface area contributed by atoms with Crippen LogP contribution in [0, 0.1) is 6.92 Å². The molecule has 1 aliphatic carbocycles. The fraction of sp³-hybridized carbons (Fsp3) is 0.700. The van der Waals surface area contributed by atoms with Crippen LogP contribution in [0.3, 0.4) is 0 Å². The van der Waals surface area contributed by atoms with Crippen molar-refractivity contribution < 1.29 is 4.42 Å². The van der Waals surface area contributed by atoms with E-state index in [2.05, 4.69) is 25.7 Å². The summed E-state index contributed by atoms with van der Waals surface area (Å²) in [5.74, 6) is 1.80. The van der Waals surface area contributed by atoms with E-state index in [1.165, 1.54) is 24.6 Å². The first-order chi connectivity index (χ1) is 8.83. The molecule has 2 aromatic heterocycles. The Labute approximate surface area is 108 Å². The molecule has 0 unspecified atom stereocenters. The largest absolute Gasteiger partial charge is 0.425 e. The van der Waals surface area contributed by atoms with E-state index in [1.54, 1.807) is 6.92 Å². The van der Waals surface area contributed by atoms with Crippen LogP contribution in [0.5, 0.6) is 0 Å². The van der Waals surface area contributed by atoms with Gasteiger partial charge in [-0.05, 0) is 23.3 Å². The molecule has 2 heterocycles. The first-order valence-corrected chi connectivity index (χ1v) is 7.01. The minimum absolute atomic E-state index is 0.451. The Morgan fingerprint density at radius 2 is 2.11 bits per heavy atom. The molecule has 0 spiro atoms. The number of aromatic nitrogens is 6. The van der Waals surface area contributed by atoms with E-state index in [-0.39, 0.29) is 0 Å². The van der Waals surface area contributed by atoms with Crippen molar-refractivity contribution >= 4 is 11.8 Å². The smallest absolute Gasteiger partial charge is 0.226 e. The van der Waals surface area contributed by atoms with Crippen LogP contribution in [0.2, 0.25) is 0 Å². The molecule has 0 atom stereocenters. The summed E-state index contributed by atoms with van der Waals surface area (Å²) in [5, 5.41) is 20.5. The summed E-state index contributed by atoms with van der Waals surface area (Å²) in [4.78, 5) is 0. The quantitative estimate of drug-likeness (QED) is 0.780. The van der Waals surface area contributed by atoms with Gasteiger partial charge in [-0.25, -0.2) is 4.68 Å². The summed E-state index contributed by atoms with van der Waals surface area (Å²) < 4.78 is 7.26. The fourth-order valence-electron chi connectivity index (χ4n) is 2.18. The van der Waals surface area contributed by atoms with E-state index in [1.807, 2.05) is 4.68 Å². The predicted octanol–water partition coefficient (Wildman–Crippen LogP) is 1.77. The SMILES string of the molecule is Cc1nnc(CSc2nnnn2C2CCCC2)o1. The van der Waals surface area contributed by atoms with Gasteiger partial charge in [0.05, 0.1) is 11.8 Å². The average Bonchev–Trinajstić information content (AvgIpc) is 3.07. The number of nitrogens with zero attached hydrogens (tertiary/aromatic N) is 6. The summed E-state index contributed by atoms with van der Waals surface area (Å²) in [6.07, 6.45) is 4.85. The molecule has 0 amide bonds. The van der Waals surface area contributed by atoms with Gasteiger partial charge < -0.3 is 4.42 Å². The highest BCUT2D eigenvalue weighted by molar-refractivity contribution is 7.98. The minimum atomic E-state index is 0.451. The number of rotatable bonds is 4. The van der Waals surface area contributed by atoms with Gasteiger partial charge in [0.2, 0.25) is 16.9 Å². The molecule has 0 aromatic carbocycles. The van der Waals surface area contributed by atoms with E-state index in [0.29, 0.717) is 23.6 Å². The molecule has 7 nitrogen and oxygen atoms in total. The monoisotopic (exact) mass is 266 g/mol. The van der Waals surface area contributed by atoms with Crippen molar-refractivity contribution in [3.8, 4) is 0 Å². The zero-order chi connectivity index (χ0) is 12.4. The van der Waals surface area contributed by atoms with Crippen molar-refractivity contribution in [2.75, 3.05) is 0 Å². The van der Waals surface area contributed by atoms with Gasteiger partial charge in [-0.2, -0.15) is 0 Å². The Kier molecular flexibility index (Phi) is 3.26. The lowest BCUT2D eigenvalue weighted by Gasteiger charge is -2.09. The molecular formula is C10H14N6OS. The lowest BCUT2D eigenvalue weighted by Crippen LogP contribution is -2.08. The maximum Gasteiger partial charge on any atom is 0.226 e. The second kappa shape index (κ2) is 5.05. The van der Waals surface area contributed by atoms with Gasteiger partial charge in [-0.1, -0.05) is 24.6 Å². The summed E-state index contributed by atoms with van der Waals surface area (Å²) in [7, 11) is 0. The van der Waals surface area contributed by atoms with Gasteiger partial charge in [0.15, 0.2) is 0 Å². The van der Waals surface area contributed by atoms with Gasteiger partial charge in [0, 0.05) is 6.92 Å². The Morgan fingerprint density at radius 3 is 2.83 bits per heavy atom. The number of aryl methyl sites for hydroxylation is 1. The second-order valence-electron chi connectivity index (χ2n) is 4.35. The van der Waals surface area contributed by atoms with Gasteiger partial charge in [-0.15, -0.1) is 15.3 Å². The van der Waals surface area contributed by atoms with Crippen LogP contribution in [0.25, 0.3) is 0 Å². The number of hydrogen-bond donors (Lipinski definition) is 0. The Bertz CT molecular complexity index is 518. The maximum atomic E-state index is 5.33. The molecule has 3 rings (SSSR count). The molecule has 0 radical (unpaired) electrons. The molecule has 0 bridgehead atoms. The molecule has 0 N–H and O–H groups in total. The van der Waals surface area contributed by atoms with Crippen LogP contribution in [0.4, 0.5) is 0 Å². The lowest BCUT2D eigenvalue weighted by atomic mass is 10.3. The summed E-state index contributed by atoms with van der Waals surface area (Å²) in [6.45, 7) is 1.78. The molecule has 96 valence electrons. The van der Waals surface area contributed by atoms with Gasteiger partial charge >= 0.3 is 0 Å². The van der Waals surface area contributed by atoms with E-state index in [4.69, 9.17) is 4.42 Å². The highest BCUT2D eigenvalue weighted by Crippen LogP contribution is 2.31. The van der Waals surface area contributed by atoms with E-state index in [9.17, 15) is 0 Å². The molecule has 1 fully saturated rings. The third-order valence-corrected chi connectivity index (χ3v) is 3.94. The molecular weight excluding hydrogens is 252 g/mol. The zero-order valence-corrected chi connectivity index (χ0v) is 10.9. The highest BCUT2D eigenvalue weighted by atomic mass is 32.2. The van der Waals surface area contributed by atoms with Crippen molar-refractivity contribution in [3.63, 3.8) is 0 Å². The van der Waals surface area contributed by atoms with Gasteiger partial charge in [-0.3, -0.25) is 0 Å². The molecule has 18 heavy (non-hydrogen) atoms. The Morgan fingerprint density at radius 1 is 1.28 bits per heavy atom. The molecule has 0 aliphatic heterocycles. The molecule has 1 aliphatic rings. The van der Waals surface area contributed by atoms with Crippen molar-refractivity contribution in [1.82, 2.24) is 30.4 Å². The number of thioether (sulfide) groups is 1. The fourth-order valence-corrected chi connectivity index (χ4v) is 2.96. The Hall–Kier alpha value is -1.44. The third-order valence-electron chi connectivity index (χ3n) is 3.03. The number of hydrogen-bond acceptors (Lipinski definition) is 7. The molecule has 8 heteroatoms. The Balaban J connectivity index is 1.67. The van der Waals surface area contributed by atoms with Gasteiger partial charge in [0.25, 0.3) is 0 Å². The van der Waals surface area contributed by atoms with Crippen LogP contribution in [0.15, 0.2) is 9.57 Å². The van der Waals surface area contributed by atoms with Crippen molar-refractivity contribution in [3.05, 3.63) is 11.8 Å². The van der Waals surface area contributed by atoms with Crippen LogP contribution in [0.1, 0.15) is 43.5 Å². The average molecular weight is 266 g/mol. The summed E-state index contributed by atoms with van der Waals surface area (Å²) >= 11 is 1.54. The van der Waals surface area contributed by atoms with Crippen molar-refractivity contribution in [2.24, 2.45) is 0 Å². The van der Waals surface area contributed by atoms with E-state index >= 15 is 0 Å². The number of tetrazole rings is 1. The van der Waals surface area contributed by atoms with Crippen LogP contribution < -0.4 is 0 Å². The molecule has 1 saturated carbocycles. The van der Waals surface area contributed by atoms with E-state index < -0.39 is 0 Å². The normalized spacial score (nSPS) is 16.5. The molecule has 2 aromatic rings. The minimum Gasteiger partial charge on any atom is -0.425 e. The van der Waals surface area contributed by atoms with Crippen LogP contribution in [-0.2, 0) is 5.75 Å². The van der Waals surface area contributed by atoms with Gasteiger partial charge in [0.1, 0.15) is 0 Å². The third kappa shape index (κ3) is 2.38. The lowest BCUT2D eigenvalue weighted by molar-refractivity contribution is 0.422. The van der Waals surface area contributed by atoms with Crippen molar-refractivity contribution in [2.45, 2.75) is 49.6 Å². The maximum absolute atomic E-state index is 5.33. The molecule has 0 saturated heterocycles. The predicted molar refractivity (Wildman–Crippen MR) is 63.9 cm³/mol. The second-order valence-corrected chi connectivity index (χ2v) is 5.29.